The van der Waals surface area contributed by atoms with Crippen molar-refractivity contribution in [1.29, 1.82) is 0 Å². The first kappa shape index (κ1) is 30.2. The number of carbonyl (C=O) groups excluding carboxylic acids is 1. The molecule has 0 aromatic carbocycles. The molecule has 1 heterocycles. The summed E-state index contributed by atoms with van der Waals surface area (Å²) in [6.07, 6.45) is 11.3. The van der Waals surface area contributed by atoms with Crippen molar-refractivity contribution in [3.05, 3.63) is 47.6 Å². The van der Waals surface area contributed by atoms with Gasteiger partial charge in [-0.1, -0.05) is 58.1 Å². The fraction of sp³-hybridized carbons (Fsp3) is 0.727. The predicted octanol–water partition coefficient (Wildman–Crippen LogP) is 5.43. The molecule has 39 heavy (non-hydrogen) atoms. The van der Waals surface area contributed by atoms with Gasteiger partial charge in [0.15, 0.2) is 0 Å². The second-order valence-corrected chi connectivity index (χ2v) is 12.8. The van der Waals surface area contributed by atoms with Crippen LogP contribution in [0.1, 0.15) is 85.0 Å². The Labute approximate surface area is 234 Å². The average molecular weight is 543 g/mol. The maximum atomic E-state index is 12.3. The van der Waals surface area contributed by atoms with Gasteiger partial charge in [0, 0.05) is 31.1 Å². The molecule has 3 aliphatic carbocycles. The number of carbonyl (C=O) groups is 1. The molecule has 3 N–H and O–H groups in total. The van der Waals surface area contributed by atoms with E-state index < -0.39 is 18.3 Å². The fourth-order valence-corrected chi connectivity index (χ4v) is 8.24. The van der Waals surface area contributed by atoms with Gasteiger partial charge in [-0.25, -0.2) is 4.79 Å². The van der Waals surface area contributed by atoms with Crippen LogP contribution in [0.2, 0.25) is 0 Å². The highest BCUT2D eigenvalue weighted by Crippen LogP contribution is 2.60. The Morgan fingerprint density at radius 1 is 1.21 bits per heavy atom. The van der Waals surface area contributed by atoms with E-state index in [-0.39, 0.29) is 30.0 Å². The smallest absolute Gasteiger partial charge is 0.334 e. The number of ether oxygens (including phenoxy) is 2. The minimum absolute atomic E-state index is 0.0153. The molecule has 4 fully saturated rings. The van der Waals surface area contributed by atoms with Gasteiger partial charge >= 0.3 is 5.97 Å². The second-order valence-electron chi connectivity index (χ2n) is 12.8. The third-order valence-corrected chi connectivity index (χ3v) is 10.3. The summed E-state index contributed by atoms with van der Waals surface area (Å²) >= 11 is 0. The molecule has 6 heteroatoms. The summed E-state index contributed by atoms with van der Waals surface area (Å²) in [5, 5.41) is 30.4. The van der Waals surface area contributed by atoms with Gasteiger partial charge in [-0.3, -0.25) is 0 Å². The van der Waals surface area contributed by atoms with Gasteiger partial charge in [0.05, 0.1) is 6.10 Å². The summed E-state index contributed by atoms with van der Waals surface area (Å²) in [4.78, 5) is 12.3. The van der Waals surface area contributed by atoms with E-state index in [9.17, 15) is 15.0 Å². The maximum absolute atomic E-state index is 12.3. The molecule has 0 radical (unpaired) electrons. The normalized spacial score (nSPS) is 39.8. The van der Waals surface area contributed by atoms with Crippen LogP contribution >= 0.6 is 0 Å². The highest BCUT2D eigenvalue weighted by Gasteiger charge is 2.51. The number of allylic oxidation sites excluding steroid dienone is 3. The number of esters is 1. The molecule has 3 saturated carbocycles. The van der Waals surface area contributed by atoms with Crippen molar-refractivity contribution in [2.75, 3.05) is 13.2 Å². The van der Waals surface area contributed by atoms with E-state index in [1.807, 2.05) is 0 Å². The Morgan fingerprint density at radius 2 is 1.97 bits per heavy atom. The van der Waals surface area contributed by atoms with Gasteiger partial charge in [0.25, 0.3) is 0 Å². The predicted molar refractivity (Wildman–Crippen MR) is 153 cm³/mol. The van der Waals surface area contributed by atoms with E-state index in [1.165, 1.54) is 24.8 Å². The van der Waals surface area contributed by atoms with Crippen LogP contribution in [-0.4, -0.2) is 58.9 Å². The molecule has 0 aromatic rings. The molecule has 4 aliphatic rings. The molecule has 9 atom stereocenters. The average Bonchev–Trinajstić information content (AvgIpc) is 3.39. The third kappa shape index (κ3) is 6.14. The standard InChI is InChI=1S/C33H50O6/c1-6-9-25-22(4)32(37)39-29(25)18-20(2)26-13-14-27-23(10-7-15-33(26,27)5)11-12-24-19-28(35)31(30(36)21(24)3)38-17-8-16-34/h11-12,20,25-31,34-36H,3-4,6-10,13-19H2,1-2,5H3/b23-11-,24-12+/t20?,25?,26-,27+,28?,29?,30?,31?,33-/m1/s1. The summed E-state index contributed by atoms with van der Waals surface area (Å²) < 4.78 is 11.4. The first-order valence-corrected chi connectivity index (χ1v) is 15.2. The van der Waals surface area contributed by atoms with Crippen molar-refractivity contribution < 1.29 is 29.6 Å². The van der Waals surface area contributed by atoms with Crippen LogP contribution in [0.15, 0.2) is 47.6 Å². The number of aliphatic hydroxyl groups excluding tert-OH is 3. The Kier molecular flexibility index (Phi) is 9.96. The lowest BCUT2D eigenvalue weighted by Crippen LogP contribution is -2.45. The molecular weight excluding hydrogens is 492 g/mol. The Morgan fingerprint density at radius 3 is 2.69 bits per heavy atom. The monoisotopic (exact) mass is 542 g/mol. The summed E-state index contributed by atoms with van der Waals surface area (Å²) in [5.41, 5.74) is 3.83. The highest BCUT2D eigenvalue weighted by atomic mass is 16.6. The van der Waals surface area contributed by atoms with E-state index in [4.69, 9.17) is 14.6 Å². The molecule has 0 bridgehead atoms. The van der Waals surface area contributed by atoms with Crippen LogP contribution in [0, 0.1) is 29.1 Å². The van der Waals surface area contributed by atoms with E-state index in [0.29, 0.717) is 48.3 Å². The largest absolute Gasteiger partial charge is 0.458 e. The second kappa shape index (κ2) is 12.8. The maximum Gasteiger partial charge on any atom is 0.334 e. The molecule has 6 unspecified atom stereocenters. The van der Waals surface area contributed by atoms with Crippen molar-refractivity contribution >= 4 is 5.97 Å². The Hall–Kier alpha value is -1.73. The van der Waals surface area contributed by atoms with Crippen molar-refractivity contribution in [2.24, 2.45) is 29.1 Å². The van der Waals surface area contributed by atoms with Gasteiger partial charge in [0.1, 0.15) is 18.3 Å². The minimum Gasteiger partial charge on any atom is -0.458 e. The molecule has 1 saturated heterocycles. The fourth-order valence-electron chi connectivity index (χ4n) is 8.24. The first-order valence-electron chi connectivity index (χ1n) is 15.2. The summed E-state index contributed by atoms with van der Waals surface area (Å²) in [6, 6.07) is 0. The molecule has 218 valence electrons. The number of rotatable bonds is 10. The van der Waals surface area contributed by atoms with E-state index in [0.717, 1.165) is 37.7 Å². The van der Waals surface area contributed by atoms with Crippen LogP contribution < -0.4 is 0 Å². The van der Waals surface area contributed by atoms with Gasteiger partial charge in [-0.15, -0.1) is 0 Å². The molecule has 0 amide bonds. The lowest BCUT2D eigenvalue weighted by atomic mass is 9.60. The summed E-state index contributed by atoms with van der Waals surface area (Å²) in [5.74, 6) is 1.51. The van der Waals surface area contributed by atoms with Crippen molar-refractivity contribution in [1.82, 2.24) is 0 Å². The Balaban J connectivity index is 1.44. The highest BCUT2D eigenvalue weighted by molar-refractivity contribution is 5.90. The van der Waals surface area contributed by atoms with E-state index in [2.05, 4.69) is 46.1 Å². The lowest BCUT2D eigenvalue weighted by Gasteiger charge is -2.45. The van der Waals surface area contributed by atoms with Gasteiger partial charge in [-0.05, 0) is 85.7 Å². The van der Waals surface area contributed by atoms with E-state index in [1.54, 1.807) is 0 Å². The first-order chi connectivity index (χ1) is 18.6. The van der Waals surface area contributed by atoms with Crippen LogP contribution in [0.3, 0.4) is 0 Å². The molecule has 0 aromatic heterocycles. The zero-order valence-electron chi connectivity index (χ0n) is 24.2. The Bertz CT molecular complexity index is 981. The minimum atomic E-state index is -0.956. The van der Waals surface area contributed by atoms with Crippen molar-refractivity contribution in [3.63, 3.8) is 0 Å². The number of hydrogen-bond donors (Lipinski definition) is 3. The number of hydrogen-bond acceptors (Lipinski definition) is 6. The van der Waals surface area contributed by atoms with Gasteiger partial charge < -0.3 is 24.8 Å². The molecule has 0 spiro atoms. The van der Waals surface area contributed by atoms with Crippen LogP contribution in [0.25, 0.3) is 0 Å². The van der Waals surface area contributed by atoms with Crippen LogP contribution in [0.4, 0.5) is 0 Å². The number of aliphatic hydroxyl groups is 3. The topological polar surface area (TPSA) is 96.2 Å². The summed E-state index contributed by atoms with van der Waals surface area (Å²) in [7, 11) is 0. The van der Waals surface area contributed by atoms with Crippen molar-refractivity contribution in [3.8, 4) is 0 Å². The SMILES string of the molecule is C=C1/C(=C/C=C2/CCC[C@]3(C)[C@@H](C(C)CC4OC(=O)C(=C)C4CCC)CC[C@@H]23)CC(O)C(OCCCO)C1O. The summed E-state index contributed by atoms with van der Waals surface area (Å²) in [6.45, 7) is 15.4. The molecular formula is C33H50O6. The molecule has 1 aliphatic heterocycles. The van der Waals surface area contributed by atoms with Crippen LogP contribution in [0.5, 0.6) is 0 Å². The number of fused-ring (bicyclic) bond motifs is 1. The lowest BCUT2D eigenvalue weighted by molar-refractivity contribution is -0.140. The van der Waals surface area contributed by atoms with Gasteiger partial charge in [-0.2, -0.15) is 0 Å². The number of cyclic esters (lactones) is 1. The molecule has 6 nitrogen and oxygen atoms in total. The zero-order valence-corrected chi connectivity index (χ0v) is 24.2. The van der Waals surface area contributed by atoms with Gasteiger partial charge in [0.2, 0.25) is 0 Å². The third-order valence-electron chi connectivity index (χ3n) is 10.3. The zero-order chi connectivity index (χ0) is 28.3. The van der Waals surface area contributed by atoms with E-state index >= 15 is 0 Å². The quantitative estimate of drug-likeness (QED) is 0.194. The molecule has 4 rings (SSSR count). The van der Waals surface area contributed by atoms with Crippen molar-refractivity contribution in [2.45, 2.75) is 109 Å². The van der Waals surface area contributed by atoms with Crippen LogP contribution in [-0.2, 0) is 14.3 Å².